The molecule has 12 nitrogen and oxygen atoms in total. The molecule has 0 aliphatic heterocycles. The summed E-state index contributed by atoms with van der Waals surface area (Å²) < 4.78 is 38.6. The van der Waals surface area contributed by atoms with E-state index < -0.39 is 35.5 Å². The average molecular weight is 503 g/mol. The zero-order valence-electron chi connectivity index (χ0n) is 19.0. The fraction of sp³-hybridized carbons (Fsp3) is 0.286. The van der Waals surface area contributed by atoms with Gasteiger partial charge in [-0.1, -0.05) is 19.1 Å². The lowest BCUT2D eigenvalue weighted by atomic mass is 9.85. The maximum absolute atomic E-state index is 13.3. The summed E-state index contributed by atoms with van der Waals surface area (Å²) in [6.45, 7) is 2.87. The number of carbonyl (C=O) groups excluding carboxylic acids is 2. The second-order valence-electron chi connectivity index (χ2n) is 8.51. The van der Waals surface area contributed by atoms with Gasteiger partial charge in [0.05, 0.1) is 18.2 Å². The van der Waals surface area contributed by atoms with Gasteiger partial charge >= 0.3 is 6.18 Å². The number of nitrogens with zero attached hydrogens (tertiary/aromatic N) is 6. The molecular weight excluding hydrogens is 483 g/mol. The number of halogens is 3. The van der Waals surface area contributed by atoms with Crippen molar-refractivity contribution in [3.8, 4) is 0 Å². The van der Waals surface area contributed by atoms with Gasteiger partial charge in [0.25, 0.3) is 0 Å². The van der Waals surface area contributed by atoms with Crippen molar-refractivity contribution >= 4 is 34.5 Å². The van der Waals surface area contributed by atoms with E-state index in [-0.39, 0.29) is 29.6 Å². The van der Waals surface area contributed by atoms with Crippen LogP contribution in [0.4, 0.5) is 24.9 Å². The van der Waals surface area contributed by atoms with E-state index in [1.165, 1.54) is 18.3 Å². The van der Waals surface area contributed by atoms with Crippen LogP contribution in [-0.4, -0.2) is 58.3 Å². The number of H-pyrrole nitrogens is 1. The van der Waals surface area contributed by atoms with Gasteiger partial charge in [-0.3, -0.25) is 9.59 Å². The molecule has 15 heteroatoms. The fourth-order valence-electron chi connectivity index (χ4n) is 3.41. The number of hydrogen-bond donors (Lipinski definition) is 4. The van der Waals surface area contributed by atoms with Crippen LogP contribution in [0.2, 0.25) is 0 Å². The summed E-state index contributed by atoms with van der Waals surface area (Å²) in [6.07, 6.45) is -1.22. The van der Waals surface area contributed by atoms with Crippen molar-refractivity contribution < 1.29 is 27.9 Å². The molecule has 4 aromatic heterocycles. The third-order valence-electron chi connectivity index (χ3n) is 5.32. The van der Waals surface area contributed by atoms with Crippen molar-refractivity contribution in [3.05, 3.63) is 53.2 Å². The van der Waals surface area contributed by atoms with E-state index in [1.54, 1.807) is 20.0 Å². The molecular formula is C21H20F3N9O3. The van der Waals surface area contributed by atoms with Crippen LogP contribution in [0.15, 0.2) is 30.7 Å². The van der Waals surface area contributed by atoms with Gasteiger partial charge in [-0.2, -0.15) is 18.2 Å². The Hall–Kier alpha value is -4.40. The summed E-state index contributed by atoms with van der Waals surface area (Å²) in [5.41, 5.74) is 4.96. The molecule has 0 spiro atoms. The number of aliphatic hydroxyl groups excluding tert-OH is 1. The van der Waals surface area contributed by atoms with E-state index in [1.807, 2.05) is 0 Å². The average Bonchev–Trinajstić information content (AvgIpc) is 3.46. The Morgan fingerprint density at radius 3 is 2.58 bits per heavy atom. The maximum Gasteiger partial charge on any atom is 0.436 e. The van der Waals surface area contributed by atoms with Crippen LogP contribution in [0.5, 0.6) is 0 Å². The number of hydrogen-bond acceptors (Lipinski definition) is 9. The van der Waals surface area contributed by atoms with Crippen LogP contribution in [0.1, 0.15) is 41.2 Å². The number of amides is 1. The summed E-state index contributed by atoms with van der Waals surface area (Å²) in [6, 6.07) is 2.75. The van der Waals surface area contributed by atoms with E-state index in [2.05, 4.69) is 35.6 Å². The van der Waals surface area contributed by atoms with Crippen molar-refractivity contribution in [2.75, 3.05) is 17.7 Å². The van der Waals surface area contributed by atoms with Gasteiger partial charge in [-0.15, -0.1) is 5.10 Å². The Morgan fingerprint density at radius 1 is 1.22 bits per heavy atom. The molecule has 1 amide bonds. The molecule has 0 radical (unpaired) electrons. The summed E-state index contributed by atoms with van der Waals surface area (Å²) in [5.74, 6) is -1.28. The lowest BCUT2D eigenvalue weighted by Crippen LogP contribution is -2.22. The first-order valence-electron chi connectivity index (χ1n) is 10.4. The van der Waals surface area contributed by atoms with Crippen LogP contribution in [0.3, 0.4) is 0 Å². The van der Waals surface area contributed by atoms with Crippen molar-refractivity contribution in [1.29, 1.82) is 0 Å². The number of aliphatic hydroxyl groups is 1. The topological polar surface area (TPSA) is 178 Å². The Labute approximate surface area is 200 Å². The number of ketones is 1. The molecule has 0 aromatic carbocycles. The number of nitrogens with two attached hydrogens (primary N) is 1. The molecule has 4 aromatic rings. The molecule has 36 heavy (non-hydrogen) atoms. The zero-order chi connectivity index (χ0) is 26.3. The number of rotatable bonds is 7. The van der Waals surface area contributed by atoms with Crippen LogP contribution in [0, 0.1) is 0 Å². The zero-order valence-corrected chi connectivity index (χ0v) is 19.0. The van der Waals surface area contributed by atoms with Gasteiger partial charge in [0, 0.05) is 23.4 Å². The smallest absolute Gasteiger partial charge is 0.395 e. The second kappa shape index (κ2) is 8.99. The molecule has 0 saturated heterocycles. The number of alkyl halides is 3. The molecule has 188 valence electrons. The molecule has 0 fully saturated rings. The minimum atomic E-state index is -4.67. The van der Waals surface area contributed by atoms with E-state index in [4.69, 9.17) is 5.73 Å². The quantitative estimate of drug-likeness (QED) is 0.273. The van der Waals surface area contributed by atoms with Gasteiger partial charge in [-0.25, -0.2) is 14.6 Å². The van der Waals surface area contributed by atoms with Gasteiger partial charge in [0.15, 0.2) is 5.69 Å². The number of fused-ring (bicyclic) bond motifs is 1. The minimum Gasteiger partial charge on any atom is -0.395 e. The molecule has 5 N–H and O–H groups in total. The third-order valence-corrected chi connectivity index (χ3v) is 5.32. The number of carbonyl (C=O) groups is 2. The fourth-order valence-corrected chi connectivity index (χ4v) is 3.41. The van der Waals surface area contributed by atoms with Crippen molar-refractivity contribution in [3.63, 3.8) is 0 Å². The summed E-state index contributed by atoms with van der Waals surface area (Å²) in [5, 5.41) is 18.9. The lowest BCUT2D eigenvalue weighted by Gasteiger charge is -2.21. The predicted octanol–water partition coefficient (Wildman–Crippen LogP) is 1.68. The minimum absolute atomic E-state index is 0.0144. The number of pyridine rings is 1. The van der Waals surface area contributed by atoms with Gasteiger partial charge < -0.3 is 21.1 Å². The predicted molar refractivity (Wildman–Crippen MR) is 120 cm³/mol. The first-order chi connectivity index (χ1) is 16.9. The maximum atomic E-state index is 13.3. The van der Waals surface area contributed by atoms with Gasteiger partial charge in [-0.05, 0) is 17.7 Å². The summed E-state index contributed by atoms with van der Waals surface area (Å²) >= 11 is 0. The summed E-state index contributed by atoms with van der Waals surface area (Å²) in [4.78, 5) is 40.6. The molecule has 0 atom stereocenters. The lowest BCUT2D eigenvalue weighted by molar-refractivity contribution is -0.141. The normalized spacial score (nSPS) is 12.2. The summed E-state index contributed by atoms with van der Waals surface area (Å²) in [7, 11) is 0. The highest BCUT2D eigenvalue weighted by atomic mass is 19.4. The molecule has 0 bridgehead atoms. The van der Waals surface area contributed by atoms with Crippen molar-refractivity contribution in [2.45, 2.75) is 32.0 Å². The highest BCUT2D eigenvalue weighted by molar-refractivity contribution is 6.15. The van der Waals surface area contributed by atoms with Gasteiger partial charge in [0.2, 0.25) is 17.6 Å². The number of aromatic amines is 1. The monoisotopic (exact) mass is 503 g/mol. The number of nitrogen functional groups attached to an aromatic ring is 1. The van der Waals surface area contributed by atoms with Crippen LogP contribution < -0.4 is 11.1 Å². The molecule has 0 aliphatic rings. The highest BCUT2D eigenvalue weighted by Gasteiger charge is 2.34. The van der Waals surface area contributed by atoms with E-state index in [0.717, 1.165) is 4.68 Å². The standard InChI is InChI=1S/C21H20F3N9O3/c1-20(2,9-34)11-6-27-18-15(11)16(29-19(25)30-18)17(36)10-3-4-13(26-5-10)28-14(35)8-33-7-12(31-32-33)21(22,23)24/h3-7,34H,8-9H2,1-2H3,(H,26,28,35)(H3,25,27,29,30). The first kappa shape index (κ1) is 24.7. The SMILES string of the molecule is CC(C)(CO)c1c[nH]c2nc(N)nc(C(=O)c3ccc(NC(=O)Cn4cc(C(F)(F)F)nn4)nc3)c12. The first-order valence-corrected chi connectivity index (χ1v) is 10.4. The Balaban J connectivity index is 1.54. The van der Waals surface area contributed by atoms with Crippen molar-refractivity contribution in [2.24, 2.45) is 0 Å². The van der Waals surface area contributed by atoms with E-state index >= 15 is 0 Å². The number of nitrogens with one attached hydrogen (secondary N) is 2. The van der Waals surface area contributed by atoms with Crippen LogP contribution in [-0.2, 0) is 22.9 Å². The highest BCUT2D eigenvalue weighted by Crippen LogP contribution is 2.32. The molecule has 4 rings (SSSR count). The van der Waals surface area contributed by atoms with E-state index in [0.29, 0.717) is 22.8 Å². The second-order valence-corrected chi connectivity index (χ2v) is 8.51. The Kier molecular flexibility index (Phi) is 6.17. The number of anilines is 2. The Morgan fingerprint density at radius 2 is 1.97 bits per heavy atom. The third kappa shape index (κ3) is 4.86. The largest absolute Gasteiger partial charge is 0.436 e. The molecule has 0 aliphatic carbocycles. The number of aromatic nitrogens is 7. The van der Waals surface area contributed by atoms with Crippen LogP contribution >= 0.6 is 0 Å². The molecule has 4 heterocycles. The molecule has 0 saturated carbocycles. The Bertz CT molecular complexity index is 1440. The van der Waals surface area contributed by atoms with Crippen molar-refractivity contribution in [1.82, 2.24) is 34.9 Å². The van der Waals surface area contributed by atoms with Gasteiger partial charge in [0.1, 0.15) is 23.7 Å². The molecule has 0 unspecified atom stereocenters. The van der Waals surface area contributed by atoms with Crippen LogP contribution in [0.25, 0.3) is 11.0 Å². The van der Waals surface area contributed by atoms with E-state index in [9.17, 15) is 27.9 Å².